The van der Waals surface area contributed by atoms with Crippen molar-refractivity contribution in [3.63, 3.8) is 0 Å². The van der Waals surface area contributed by atoms with Crippen LogP contribution in [0.3, 0.4) is 0 Å². The number of hydrogen-bond donors (Lipinski definition) is 3. The van der Waals surface area contributed by atoms with Crippen molar-refractivity contribution in [1.82, 2.24) is 10.2 Å². The minimum atomic E-state index is 0.707. The number of nitrogens with one attached hydrogen (secondary N) is 2. The summed E-state index contributed by atoms with van der Waals surface area (Å²) in [4.78, 5) is 0. The van der Waals surface area contributed by atoms with E-state index in [1.165, 1.54) is 5.56 Å². The van der Waals surface area contributed by atoms with Crippen LogP contribution in [0.15, 0.2) is 36.5 Å². The van der Waals surface area contributed by atoms with Gasteiger partial charge in [0.15, 0.2) is 0 Å². The van der Waals surface area contributed by atoms with Gasteiger partial charge in [-0.2, -0.15) is 5.10 Å². The van der Waals surface area contributed by atoms with Gasteiger partial charge in [0.25, 0.3) is 0 Å². The molecule has 2 aromatic rings. The van der Waals surface area contributed by atoms with Gasteiger partial charge in [-0.05, 0) is 18.5 Å². The fourth-order valence-corrected chi connectivity index (χ4v) is 1.73. The number of aromatic amines is 1. The number of nitrogens with zero attached hydrogens (tertiary/aromatic N) is 1. The number of benzene rings is 1. The van der Waals surface area contributed by atoms with Crippen LogP contribution in [0.1, 0.15) is 17.7 Å². The molecule has 0 saturated carbocycles. The molecule has 0 radical (unpaired) electrons. The van der Waals surface area contributed by atoms with E-state index in [1.54, 1.807) is 0 Å². The Bertz CT molecular complexity index is 436. The second-order valence-corrected chi connectivity index (χ2v) is 3.99. The predicted octanol–water partition coefficient (Wildman–Crippen LogP) is 1.76. The summed E-state index contributed by atoms with van der Waals surface area (Å²) in [5, 5.41) is 10.5. The maximum Gasteiger partial charge on any atom is 0.0759 e. The van der Waals surface area contributed by atoms with E-state index in [0.717, 1.165) is 30.8 Å². The molecular weight excluding hydrogens is 212 g/mol. The maximum absolute atomic E-state index is 5.47. The molecule has 0 bridgehead atoms. The Hall–Kier alpha value is -1.81. The molecule has 0 saturated heterocycles. The van der Waals surface area contributed by atoms with Crippen LogP contribution in [0.4, 0.5) is 5.69 Å². The third-order valence-electron chi connectivity index (χ3n) is 2.64. The van der Waals surface area contributed by atoms with Crippen LogP contribution in [0, 0.1) is 0 Å². The molecule has 4 heteroatoms. The zero-order chi connectivity index (χ0) is 11.9. The molecule has 17 heavy (non-hydrogen) atoms. The molecule has 0 atom stereocenters. The van der Waals surface area contributed by atoms with Crippen molar-refractivity contribution in [1.29, 1.82) is 0 Å². The van der Waals surface area contributed by atoms with E-state index in [9.17, 15) is 0 Å². The summed E-state index contributed by atoms with van der Waals surface area (Å²) >= 11 is 0. The first-order valence-corrected chi connectivity index (χ1v) is 5.90. The van der Waals surface area contributed by atoms with Crippen LogP contribution in [-0.4, -0.2) is 23.3 Å². The molecule has 4 N–H and O–H groups in total. The van der Waals surface area contributed by atoms with Gasteiger partial charge in [0, 0.05) is 13.0 Å². The Morgan fingerprint density at radius 1 is 1.24 bits per heavy atom. The van der Waals surface area contributed by atoms with E-state index >= 15 is 0 Å². The highest BCUT2D eigenvalue weighted by Gasteiger charge is 2.04. The summed E-state index contributed by atoms with van der Waals surface area (Å²) in [6, 6.07) is 10.4. The molecule has 0 aliphatic rings. The minimum Gasteiger partial charge on any atom is -0.382 e. The van der Waals surface area contributed by atoms with E-state index in [1.807, 2.05) is 24.4 Å². The maximum atomic E-state index is 5.47. The second kappa shape index (κ2) is 6.06. The molecule has 0 unspecified atom stereocenters. The number of H-pyrrole nitrogens is 1. The monoisotopic (exact) mass is 230 g/mol. The third kappa shape index (κ3) is 3.32. The summed E-state index contributed by atoms with van der Waals surface area (Å²) in [6.07, 6.45) is 3.66. The van der Waals surface area contributed by atoms with E-state index in [4.69, 9.17) is 5.73 Å². The topological polar surface area (TPSA) is 66.7 Å². The quantitative estimate of drug-likeness (QED) is 0.662. The molecule has 1 aromatic carbocycles. The normalized spacial score (nSPS) is 10.4. The zero-order valence-electron chi connectivity index (χ0n) is 9.82. The van der Waals surface area contributed by atoms with Crippen LogP contribution >= 0.6 is 0 Å². The van der Waals surface area contributed by atoms with Crippen molar-refractivity contribution in [3.05, 3.63) is 47.8 Å². The third-order valence-corrected chi connectivity index (χ3v) is 2.64. The summed E-state index contributed by atoms with van der Waals surface area (Å²) < 4.78 is 0. The number of hydrogen-bond acceptors (Lipinski definition) is 3. The average Bonchev–Trinajstić information content (AvgIpc) is 2.79. The Balaban J connectivity index is 1.99. The lowest BCUT2D eigenvalue weighted by Gasteiger charge is -2.06. The van der Waals surface area contributed by atoms with E-state index in [2.05, 4.69) is 27.6 Å². The van der Waals surface area contributed by atoms with Crippen molar-refractivity contribution >= 4 is 5.69 Å². The highest BCUT2D eigenvalue weighted by atomic mass is 15.1. The van der Waals surface area contributed by atoms with Gasteiger partial charge in [-0.25, -0.2) is 0 Å². The fraction of sp³-hybridized carbons (Fsp3) is 0.308. The van der Waals surface area contributed by atoms with E-state index in [-0.39, 0.29) is 0 Å². The highest BCUT2D eigenvalue weighted by Crippen LogP contribution is 2.15. The molecular formula is C13H18N4. The summed E-state index contributed by atoms with van der Waals surface area (Å²) in [5.74, 6) is 0. The Labute approximate surface area is 101 Å². The first-order valence-electron chi connectivity index (χ1n) is 5.90. The minimum absolute atomic E-state index is 0.707. The average molecular weight is 230 g/mol. The molecule has 0 spiro atoms. The highest BCUT2D eigenvalue weighted by molar-refractivity contribution is 5.47. The van der Waals surface area contributed by atoms with Gasteiger partial charge in [-0.3, -0.25) is 5.10 Å². The van der Waals surface area contributed by atoms with Crippen molar-refractivity contribution in [2.45, 2.75) is 12.8 Å². The van der Waals surface area contributed by atoms with E-state index < -0.39 is 0 Å². The van der Waals surface area contributed by atoms with Gasteiger partial charge in [-0.1, -0.05) is 30.3 Å². The fourth-order valence-electron chi connectivity index (χ4n) is 1.73. The van der Waals surface area contributed by atoms with Gasteiger partial charge in [0.2, 0.25) is 0 Å². The van der Waals surface area contributed by atoms with Crippen molar-refractivity contribution in [3.8, 4) is 0 Å². The van der Waals surface area contributed by atoms with Crippen molar-refractivity contribution in [2.75, 3.05) is 18.4 Å². The molecule has 4 nitrogen and oxygen atoms in total. The second-order valence-electron chi connectivity index (χ2n) is 3.99. The van der Waals surface area contributed by atoms with Crippen LogP contribution in [0.2, 0.25) is 0 Å². The summed E-state index contributed by atoms with van der Waals surface area (Å²) in [5.41, 5.74) is 8.93. The lowest BCUT2D eigenvalue weighted by atomic mass is 10.1. The van der Waals surface area contributed by atoms with Crippen molar-refractivity contribution in [2.24, 2.45) is 5.73 Å². The van der Waals surface area contributed by atoms with Crippen LogP contribution < -0.4 is 11.1 Å². The molecule has 90 valence electrons. The smallest absolute Gasteiger partial charge is 0.0759 e. The number of aromatic nitrogens is 2. The molecule has 0 amide bonds. The lowest BCUT2D eigenvalue weighted by molar-refractivity contribution is 0.872. The molecule has 2 rings (SSSR count). The summed E-state index contributed by atoms with van der Waals surface area (Å²) in [6.45, 7) is 1.59. The van der Waals surface area contributed by atoms with E-state index in [0.29, 0.717) is 6.54 Å². The van der Waals surface area contributed by atoms with Gasteiger partial charge in [0.1, 0.15) is 0 Å². The Morgan fingerprint density at radius 2 is 2.06 bits per heavy atom. The standard InChI is InChI=1S/C13H18N4/c14-7-4-8-15-13-10-16-17-12(13)9-11-5-2-1-3-6-11/h1-3,5-6,10,15H,4,7-9,14H2,(H,16,17). The molecule has 1 heterocycles. The molecule has 0 aliphatic heterocycles. The Kier molecular flexibility index (Phi) is 4.16. The van der Waals surface area contributed by atoms with Gasteiger partial charge >= 0.3 is 0 Å². The Morgan fingerprint density at radius 3 is 2.82 bits per heavy atom. The first kappa shape index (κ1) is 11.7. The van der Waals surface area contributed by atoms with Crippen LogP contribution in [0.25, 0.3) is 0 Å². The molecule has 0 fully saturated rings. The van der Waals surface area contributed by atoms with Gasteiger partial charge < -0.3 is 11.1 Å². The van der Waals surface area contributed by atoms with Crippen LogP contribution in [-0.2, 0) is 6.42 Å². The molecule has 1 aromatic heterocycles. The molecule has 0 aliphatic carbocycles. The number of anilines is 1. The van der Waals surface area contributed by atoms with Crippen LogP contribution in [0.5, 0.6) is 0 Å². The van der Waals surface area contributed by atoms with Gasteiger partial charge in [0.05, 0.1) is 17.6 Å². The predicted molar refractivity (Wildman–Crippen MR) is 70.0 cm³/mol. The van der Waals surface area contributed by atoms with Gasteiger partial charge in [-0.15, -0.1) is 0 Å². The SMILES string of the molecule is NCCCNc1cn[nH]c1Cc1ccccc1. The summed E-state index contributed by atoms with van der Waals surface area (Å²) in [7, 11) is 0. The number of rotatable bonds is 6. The largest absolute Gasteiger partial charge is 0.382 e. The zero-order valence-corrected chi connectivity index (χ0v) is 9.82. The first-order chi connectivity index (χ1) is 8.40. The number of nitrogens with two attached hydrogens (primary N) is 1. The lowest BCUT2D eigenvalue weighted by Crippen LogP contribution is -2.09. The van der Waals surface area contributed by atoms with Crippen molar-refractivity contribution < 1.29 is 0 Å².